The molecule has 0 saturated carbocycles. The molecule has 14 heavy (non-hydrogen) atoms. The molecular formula is C10H18N4. The zero-order chi connectivity index (χ0) is 10.1. The van der Waals surface area contributed by atoms with Crippen LogP contribution in [0.15, 0.2) is 6.20 Å². The first kappa shape index (κ1) is 9.52. The van der Waals surface area contributed by atoms with Gasteiger partial charge < -0.3 is 10.6 Å². The second-order valence-corrected chi connectivity index (χ2v) is 4.13. The van der Waals surface area contributed by atoms with Crippen molar-refractivity contribution < 1.29 is 0 Å². The summed E-state index contributed by atoms with van der Waals surface area (Å²) >= 11 is 0. The smallest absolute Gasteiger partial charge is 0.153 e. The van der Waals surface area contributed by atoms with Crippen molar-refractivity contribution in [1.82, 2.24) is 9.78 Å². The van der Waals surface area contributed by atoms with Gasteiger partial charge in [-0.1, -0.05) is 0 Å². The van der Waals surface area contributed by atoms with Gasteiger partial charge >= 0.3 is 0 Å². The zero-order valence-corrected chi connectivity index (χ0v) is 8.90. The Hall–Kier alpha value is -1.03. The topological polar surface area (TPSA) is 47.1 Å². The molecule has 2 N–H and O–H groups in total. The number of piperidine rings is 1. The predicted molar refractivity (Wildman–Crippen MR) is 57.4 cm³/mol. The first-order valence-electron chi connectivity index (χ1n) is 5.17. The van der Waals surface area contributed by atoms with Gasteiger partial charge in [0, 0.05) is 37.9 Å². The lowest BCUT2D eigenvalue weighted by Gasteiger charge is -2.30. The Kier molecular flexibility index (Phi) is 2.46. The van der Waals surface area contributed by atoms with Gasteiger partial charge in [0.2, 0.25) is 0 Å². The first-order valence-corrected chi connectivity index (χ1v) is 5.17. The van der Waals surface area contributed by atoms with Crippen LogP contribution >= 0.6 is 0 Å². The Bertz CT molecular complexity index is 310. The van der Waals surface area contributed by atoms with Crippen LogP contribution in [0.1, 0.15) is 18.4 Å². The summed E-state index contributed by atoms with van der Waals surface area (Å²) in [5, 5.41) is 4.46. The Morgan fingerprint density at radius 2 is 2.07 bits per heavy atom. The minimum atomic E-state index is 0.385. The van der Waals surface area contributed by atoms with E-state index >= 15 is 0 Å². The lowest BCUT2D eigenvalue weighted by atomic mass is 10.1. The second kappa shape index (κ2) is 3.61. The van der Waals surface area contributed by atoms with E-state index in [4.69, 9.17) is 5.73 Å². The fraction of sp³-hybridized carbons (Fsp3) is 0.700. The van der Waals surface area contributed by atoms with Crippen LogP contribution < -0.4 is 10.6 Å². The molecule has 4 heteroatoms. The van der Waals surface area contributed by atoms with E-state index < -0.39 is 0 Å². The lowest BCUT2D eigenvalue weighted by molar-refractivity contribution is 0.497. The van der Waals surface area contributed by atoms with E-state index in [1.807, 2.05) is 11.7 Å². The summed E-state index contributed by atoms with van der Waals surface area (Å²) in [4.78, 5) is 2.33. The number of nitrogens with two attached hydrogens (primary N) is 1. The molecule has 0 amide bonds. The zero-order valence-electron chi connectivity index (χ0n) is 8.90. The van der Waals surface area contributed by atoms with Crippen LogP contribution in [0.4, 0.5) is 5.82 Å². The van der Waals surface area contributed by atoms with E-state index in [9.17, 15) is 0 Å². The summed E-state index contributed by atoms with van der Waals surface area (Å²) in [6.45, 7) is 4.19. The molecule has 1 aromatic heterocycles. The fourth-order valence-electron chi connectivity index (χ4n) is 2.02. The molecule has 0 spiro atoms. The summed E-state index contributed by atoms with van der Waals surface area (Å²) in [6, 6.07) is 0.385. The van der Waals surface area contributed by atoms with Crippen molar-refractivity contribution in [1.29, 1.82) is 0 Å². The van der Waals surface area contributed by atoms with E-state index in [-0.39, 0.29) is 0 Å². The molecule has 4 nitrogen and oxygen atoms in total. The number of rotatable bonds is 1. The van der Waals surface area contributed by atoms with Crippen molar-refractivity contribution in [3.05, 3.63) is 11.8 Å². The van der Waals surface area contributed by atoms with Crippen LogP contribution in [-0.2, 0) is 7.05 Å². The van der Waals surface area contributed by atoms with Crippen molar-refractivity contribution in [2.45, 2.75) is 25.8 Å². The van der Waals surface area contributed by atoms with E-state index in [0.717, 1.165) is 31.7 Å². The SMILES string of the molecule is Cc1cn(C)nc1N1CCC(N)CC1. The van der Waals surface area contributed by atoms with Crippen LogP contribution in [-0.4, -0.2) is 28.9 Å². The Labute approximate surface area is 84.7 Å². The van der Waals surface area contributed by atoms with Gasteiger partial charge in [-0.05, 0) is 19.8 Å². The van der Waals surface area contributed by atoms with Crippen LogP contribution in [0.2, 0.25) is 0 Å². The maximum absolute atomic E-state index is 5.87. The summed E-state index contributed by atoms with van der Waals surface area (Å²) in [5.74, 6) is 1.12. The van der Waals surface area contributed by atoms with Gasteiger partial charge in [0.15, 0.2) is 5.82 Å². The number of aryl methyl sites for hydroxylation is 2. The molecule has 0 aliphatic carbocycles. The number of aromatic nitrogens is 2. The monoisotopic (exact) mass is 194 g/mol. The van der Waals surface area contributed by atoms with Gasteiger partial charge in [-0.3, -0.25) is 4.68 Å². The largest absolute Gasteiger partial charge is 0.355 e. The van der Waals surface area contributed by atoms with Crippen molar-refractivity contribution in [2.24, 2.45) is 12.8 Å². The lowest BCUT2D eigenvalue weighted by Crippen LogP contribution is -2.40. The van der Waals surface area contributed by atoms with Crippen molar-refractivity contribution in [2.75, 3.05) is 18.0 Å². The van der Waals surface area contributed by atoms with E-state index in [0.29, 0.717) is 6.04 Å². The molecule has 0 bridgehead atoms. The fourth-order valence-corrected chi connectivity index (χ4v) is 2.02. The van der Waals surface area contributed by atoms with E-state index in [1.165, 1.54) is 5.56 Å². The quantitative estimate of drug-likeness (QED) is 0.714. The third-order valence-corrected chi connectivity index (χ3v) is 2.82. The molecular weight excluding hydrogens is 176 g/mol. The molecule has 0 aromatic carbocycles. The second-order valence-electron chi connectivity index (χ2n) is 4.13. The van der Waals surface area contributed by atoms with Gasteiger partial charge in [0.25, 0.3) is 0 Å². The molecule has 1 saturated heterocycles. The predicted octanol–water partition coefficient (Wildman–Crippen LogP) is 0.656. The third-order valence-electron chi connectivity index (χ3n) is 2.82. The Morgan fingerprint density at radius 1 is 1.43 bits per heavy atom. The summed E-state index contributed by atoms with van der Waals surface area (Å²) in [5.41, 5.74) is 7.12. The molecule has 1 aliphatic rings. The number of nitrogens with zero attached hydrogens (tertiary/aromatic N) is 3. The maximum Gasteiger partial charge on any atom is 0.153 e. The number of hydrogen-bond acceptors (Lipinski definition) is 3. The average molecular weight is 194 g/mol. The third kappa shape index (κ3) is 1.75. The normalized spacial score (nSPS) is 18.9. The van der Waals surface area contributed by atoms with Crippen LogP contribution in [0.5, 0.6) is 0 Å². The van der Waals surface area contributed by atoms with Crippen molar-refractivity contribution >= 4 is 5.82 Å². The van der Waals surface area contributed by atoms with Gasteiger partial charge in [0.05, 0.1) is 0 Å². The standard InChI is InChI=1S/C10H18N4/c1-8-7-13(2)12-10(8)14-5-3-9(11)4-6-14/h7,9H,3-6,11H2,1-2H3. The van der Waals surface area contributed by atoms with E-state index in [1.54, 1.807) is 0 Å². The first-order chi connectivity index (χ1) is 6.66. The van der Waals surface area contributed by atoms with Gasteiger partial charge in [0.1, 0.15) is 0 Å². The highest BCUT2D eigenvalue weighted by Gasteiger charge is 2.19. The van der Waals surface area contributed by atoms with Crippen LogP contribution in [0, 0.1) is 6.92 Å². The molecule has 0 radical (unpaired) electrons. The molecule has 0 atom stereocenters. The highest BCUT2D eigenvalue weighted by molar-refractivity contribution is 5.45. The molecule has 78 valence electrons. The minimum absolute atomic E-state index is 0.385. The van der Waals surface area contributed by atoms with Gasteiger partial charge in [-0.15, -0.1) is 0 Å². The Morgan fingerprint density at radius 3 is 2.57 bits per heavy atom. The average Bonchev–Trinajstić information content (AvgIpc) is 2.47. The van der Waals surface area contributed by atoms with Gasteiger partial charge in [-0.25, -0.2) is 0 Å². The van der Waals surface area contributed by atoms with Crippen molar-refractivity contribution in [3.8, 4) is 0 Å². The van der Waals surface area contributed by atoms with Gasteiger partial charge in [-0.2, -0.15) is 5.10 Å². The molecule has 1 fully saturated rings. The summed E-state index contributed by atoms with van der Waals surface area (Å²) < 4.78 is 1.87. The Balaban J connectivity index is 2.11. The van der Waals surface area contributed by atoms with Crippen LogP contribution in [0.3, 0.4) is 0 Å². The molecule has 2 rings (SSSR count). The molecule has 1 aliphatic heterocycles. The molecule has 0 unspecified atom stereocenters. The summed E-state index contributed by atoms with van der Waals surface area (Å²) in [6.07, 6.45) is 4.22. The maximum atomic E-state index is 5.87. The minimum Gasteiger partial charge on any atom is -0.355 e. The number of anilines is 1. The van der Waals surface area contributed by atoms with Crippen LogP contribution in [0.25, 0.3) is 0 Å². The van der Waals surface area contributed by atoms with Crippen molar-refractivity contribution in [3.63, 3.8) is 0 Å². The number of hydrogen-bond donors (Lipinski definition) is 1. The molecule has 2 heterocycles. The van der Waals surface area contributed by atoms with E-state index in [2.05, 4.69) is 23.1 Å². The molecule has 1 aromatic rings. The summed E-state index contributed by atoms with van der Waals surface area (Å²) in [7, 11) is 1.96. The highest BCUT2D eigenvalue weighted by Crippen LogP contribution is 2.20. The highest BCUT2D eigenvalue weighted by atomic mass is 15.3.